The van der Waals surface area contributed by atoms with Crippen LogP contribution in [0, 0.1) is 0 Å². The van der Waals surface area contributed by atoms with Gasteiger partial charge in [-0.15, -0.1) is 24.0 Å². The van der Waals surface area contributed by atoms with Gasteiger partial charge in [-0.3, -0.25) is 0 Å². The quantitative estimate of drug-likeness (QED) is 0.360. The number of benzene rings is 2. The molecule has 0 amide bonds. The van der Waals surface area contributed by atoms with E-state index < -0.39 is 0 Å². The molecule has 6 nitrogen and oxygen atoms in total. The van der Waals surface area contributed by atoms with Crippen molar-refractivity contribution in [3.05, 3.63) is 53.6 Å². The van der Waals surface area contributed by atoms with Gasteiger partial charge >= 0.3 is 0 Å². The summed E-state index contributed by atoms with van der Waals surface area (Å²) in [5, 5.41) is 3.14. The zero-order valence-electron chi connectivity index (χ0n) is 15.6. The molecule has 0 spiro atoms. The topological polar surface area (TPSA) is 78.1 Å². The number of rotatable bonds is 7. The van der Waals surface area contributed by atoms with Crippen LogP contribution in [0.1, 0.15) is 11.1 Å². The summed E-state index contributed by atoms with van der Waals surface area (Å²) in [4.78, 5) is 4.40. The molecule has 3 rings (SSSR count). The molecule has 0 aromatic heterocycles. The van der Waals surface area contributed by atoms with Crippen molar-refractivity contribution in [1.29, 1.82) is 0 Å². The second-order valence-electron chi connectivity index (χ2n) is 6.14. The molecule has 3 N–H and O–H groups in total. The number of para-hydroxylation sites is 1. The lowest BCUT2D eigenvalue weighted by atomic mass is 10.1. The Kier molecular flexibility index (Phi) is 8.02. The highest BCUT2D eigenvalue weighted by Crippen LogP contribution is 2.28. The molecule has 1 aliphatic heterocycles. The number of guanidine groups is 1. The zero-order valence-corrected chi connectivity index (χ0v) is 17.9. The minimum absolute atomic E-state index is 0. The summed E-state index contributed by atoms with van der Waals surface area (Å²) in [5.41, 5.74) is 8.33. The van der Waals surface area contributed by atoms with E-state index in [9.17, 15) is 0 Å². The van der Waals surface area contributed by atoms with E-state index in [0.29, 0.717) is 19.0 Å². The van der Waals surface area contributed by atoms with Crippen molar-refractivity contribution in [2.45, 2.75) is 18.9 Å². The molecule has 7 heteroatoms. The molecule has 2 aromatic carbocycles. The molecule has 1 atom stereocenters. The van der Waals surface area contributed by atoms with Crippen molar-refractivity contribution in [3.8, 4) is 17.2 Å². The van der Waals surface area contributed by atoms with Crippen molar-refractivity contribution in [1.82, 2.24) is 5.32 Å². The molecule has 0 bridgehead atoms. The number of nitrogens with two attached hydrogens (primary N) is 1. The molecule has 27 heavy (non-hydrogen) atoms. The normalized spacial score (nSPS) is 15.3. The van der Waals surface area contributed by atoms with Gasteiger partial charge in [0.15, 0.2) is 17.5 Å². The Balaban J connectivity index is 0.00000261. The summed E-state index contributed by atoms with van der Waals surface area (Å²) in [6.07, 6.45) is 1.74. The monoisotopic (exact) mass is 483 g/mol. The Hall–Kier alpha value is -2.16. The van der Waals surface area contributed by atoms with Crippen molar-refractivity contribution >= 4 is 29.9 Å². The van der Waals surface area contributed by atoms with E-state index in [2.05, 4.69) is 16.4 Å². The predicted molar refractivity (Wildman–Crippen MR) is 118 cm³/mol. The Morgan fingerprint density at radius 1 is 1.19 bits per heavy atom. The molecule has 0 aliphatic carbocycles. The predicted octanol–water partition coefficient (Wildman–Crippen LogP) is 2.77. The molecular weight excluding hydrogens is 457 g/mol. The number of hydrogen-bond donors (Lipinski definition) is 2. The van der Waals surface area contributed by atoms with Gasteiger partial charge in [0, 0.05) is 13.0 Å². The van der Waals surface area contributed by atoms with Crippen LogP contribution in [0.2, 0.25) is 0 Å². The summed E-state index contributed by atoms with van der Waals surface area (Å²) >= 11 is 0. The van der Waals surface area contributed by atoms with Crippen LogP contribution in [0.3, 0.4) is 0 Å². The number of fused-ring (bicyclic) bond motifs is 1. The van der Waals surface area contributed by atoms with E-state index in [4.69, 9.17) is 19.9 Å². The van der Waals surface area contributed by atoms with Crippen molar-refractivity contribution < 1.29 is 14.2 Å². The number of ether oxygens (including phenoxy) is 3. The van der Waals surface area contributed by atoms with Gasteiger partial charge in [-0.1, -0.05) is 24.3 Å². The van der Waals surface area contributed by atoms with Gasteiger partial charge in [-0.2, -0.15) is 0 Å². The van der Waals surface area contributed by atoms with Gasteiger partial charge in [0.2, 0.25) is 0 Å². The highest BCUT2D eigenvalue weighted by molar-refractivity contribution is 14.0. The van der Waals surface area contributed by atoms with E-state index >= 15 is 0 Å². The minimum atomic E-state index is 0. The third-order valence-electron chi connectivity index (χ3n) is 4.35. The Morgan fingerprint density at radius 3 is 2.70 bits per heavy atom. The first-order valence-electron chi connectivity index (χ1n) is 8.69. The lowest BCUT2D eigenvalue weighted by Crippen LogP contribution is -2.34. The number of nitrogens with zero attached hydrogens (tertiary/aromatic N) is 1. The van der Waals surface area contributed by atoms with Crippen LogP contribution in [0.5, 0.6) is 17.2 Å². The highest BCUT2D eigenvalue weighted by atomic mass is 127. The van der Waals surface area contributed by atoms with Gasteiger partial charge in [0.25, 0.3) is 0 Å². The van der Waals surface area contributed by atoms with Gasteiger partial charge in [0.05, 0.1) is 20.8 Å². The molecule has 1 aliphatic rings. The summed E-state index contributed by atoms with van der Waals surface area (Å²) in [5.74, 6) is 2.84. The maximum absolute atomic E-state index is 5.96. The van der Waals surface area contributed by atoms with E-state index in [1.807, 2.05) is 36.4 Å². The number of nitrogens with one attached hydrogen (secondary N) is 1. The molecule has 1 unspecified atom stereocenters. The Morgan fingerprint density at radius 2 is 1.96 bits per heavy atom. The fraction of sp³-hybridized carbons (Fsp3) is 0.350. The second-order valence-corrected chi connectivity index (χ2v) is 6.14. The minimum Gasteiger partial charge on any atom is -0.493 e. The summed E-state index contributed by atoms with van der Waals surface area (Å²) in [7, 11) is 3.26. The number of methoxy groups -OCH3 is 2. The van der Waals surface area contributed by atoms with Crippen molar-refractivity contribution in [2.75, 3.05) is 27.3 Å². The Labute approximate surface area is 177 Å². The van der Waals surface area contributed by atoms with Crippen LogP contribution in [0.25, 0.3) is 0 Å². The van der Waals surface area contributed by atoms with Crippen LogP contribution in [0.4, 0.5) is 0 Å². The molecule has 2 aromatic rings. The second kappa shape index (κ2) is 10.2. The average Bonchev–Trinajstić information content (AvgIpc) is 3.09. The van der Waals surface area contributed by atoms with E-state index in [0.717, 1.165) is 35.7 Å². The summed E-state index contributed by atoms with van der Waals surface area (Å²) in [6.45, 7) is 1.24. The number of hydrogen-bond acceptors (Lipinski definition) is 4. The fourth-order valence-electron chi connectivity index (χ4n) is 2.98. The summed E-state index contributed by atoms with van der Waals surface area (Å²) in [6, 6.07) is 14.0. The largest absolute Gasteiger partial charge is 0.493 e. The molecule has 1 heterocycles. The highest BCUT2D eigenvalue weighted by Gasteiger charge is 2.21. The van der Waals surface area contributed by atoms with Crippen LogP contribution >= 0.6 is 24.0 Å². The lowest BCUT2D eigenvalue weighted by Gasteiger charge is -2.11. The van der Waals surface area contributed by atoms with Crippen LogP contribution in [-0.4, -0.2) is 39.4 Å². The van der Waals surface area contributed by atoms with Crippen molar-refractivity contribution in [2.24, 2.45) is 10.7 Å². The van der Waals surface area contributed by atoms with Crippen LogP contribution in [0.15, 0.2) is 47.5 Å². The third-order valence-corrected chi connectivity index (χ3v) is 4.35. The number of halogens is 1. The van der Waals surface area contributed by atoms with E-state index in [-0.39, 0.29) is 30.1 Å². The van der Waals surface area contributed by atoms with Crippen LogP contribution < -0.4 is 25.3 Å². The maximum atomic E-state index is 5.96. The fourth-order valence-corrected chi connectivity index (χ4v) is 2.98. The first kappa shape index (κ1) is 21.1. The zero-order chi connectivity index (χ0) is 18.4. The molecule has 0 fully saturated rings. The third kappa shape index (κ3) is 5.66. The standard InChI is InChI=1S/C20H25N3O3.HI/c1-24-18-8-7-14(11-19(18)25-2)9-10-22-20(21)23-13-16-12-15-5-3-4-6-17(15)26-16;/h3-8,11,16H,9-10,12-13H2,1-2H3,(H3,21,22,23);1H. The van der Waals surface area contributed by atoms with Gasteiger partial charge in [-0.25, -0.2) is 4.99 Å². The molecular formula is C20H26IN3O3. The average molecular weight is 483 g/mol. The smallest absolute Gasteiger partial charge is 0.188 e. The molecule has 0 saturated carbocycles. The van der Waals surface area contributed by atoms with Gasteiger partial charge < -0.3 is 25.3 Å². The molecule has 0 saturated heterocycles. The maximum Gasteiger partial charge on any atom is 0.188 e. The van der Waals surface area contributed by atoms with Crippen molar-refractivity contribution in [3.63, 3.8) is 0 Å². The molecule has 146 valence electrons. The first-order valence-corrected chi connectivity index (χ1v) is 8.69. The van der Waals surface area contributed by atoms with E-state index in [1.54, 1.807) is 14.2 Å². The first-order chi connectivity index (χ1) is 12.7. The summed E-state index contributed by atoms with van der Waals surface area (Å²) < 4.78 is 16.4. The Bertz CT molecular complexity index is 758. The molecule has 0 radical (unpaired) electrons. The number of aliphatic imine (C=N–C) groups is 1. The van der Waals surface area contributed by atoms with Gasteiger partial charge in [-0.05, 0) is 35.7 Å². The van der Waals surface area contributed by atoms with Gasteiger partial charge in [0.1, 0.15) is 11.9 Å². The SMILES string of the molecule is COc1ccc(CCNC(N)=NCC2Cc3ccccc3O2)cc1OC.I. The van der Waals surface area contributed by atoms with Crippen LogP contribution in [-0.2, 0) is 12.8 Å². The van der Waals surface area contributed by atoms with E-state index in [1.165, 1.54) is 5.56 Å². The lowest BCUT2D eigenvalue weighted by molar-refractivity contribution is 0.242.